The fourth-order valence-electron chi connectivity index (χ4n) is 7.36. The molecule has 0 aromatic heterocycles. The summed E-state index contributed by atoms with van der Waals surface area (Å²) in [7, 11) is 0. The smallest absolute Gasteiger partial charge is 0.255 e. The van der Waals surface area contributed by atoms with Gasteiger partial charge in [0, 0.05) is 35.0 Å². The molecule has 1 saturated heterocycles. The van der Waals surface area contributed by atoms with E-state index < -0.39 is 52.0 Å². The van der Waals surface area contributed by atoms with Crippen molar-refractivity contribution in [2.45, 2.75) is 82.5 Å². The van der Waals surface area contributed by atoms with Gasteiger partial charge in [-0.2, -0.15) is 0 Å². The number of aromatic hydroxyl groups is 1. The molecule has 204 valence electrons. The Morgan fingerprint density at radius 3 is 2.29 bits per heavy atom. The van der Waals surface area contributed by atoms with Crippen LogP contribution in [-0.2, 0) is 20.8 Å². The lowest BCUT2D eigenvalue weighted by molar-refractivity contribution is -0.147. The molecule has 0 spiro atoms. The fraction of sp³-hybridized carbons (Fsp3) is 0.536. The molecule has 0 unspecified atom stereocenters. The van der Waals surface area contributed by atoms with Gasteiger partial charge in [-0.3, -0.25) is 14.4 Å². The number of Topliss-reactive ketones (excluding diaryl/α,β-unsaturated/α-hetero) is 2. The second-order valence-corrected chi connectivity index (χ2v) is 12.5. The van der Waals surface area contributed by atoms with E-state index in [2.05, 4.69) is 38.3 Å². The molecular weight excluding hydrogens is 490 g/mol. The highest BCUT2D eigenvalue weighted by Gasteiger charge is 2.60. The molecule has 0 bridgehead atoms. The summed E-state index contributed by atoms with van der Waals surface area (Å²) in [5, 5.41) is 51.6. The van der Waals surface area contributed by atoms with Crippen molar-refractivity contribution in [2.24, 2.45) is 17.6 Å². The normalized spacial score (nSPS) is 30.4. The van der Waals surface area contributed by atoms with E-state index in [1.807, 2.05) is 0 Å². The van der Waals surface area contributed by atoms with Gasteiger partial charge >= 0.3 is 0 Å². The summed E-state index contributed by atoms with van der Waals surface area (Å²) in [6, 6.07) is 3.58. The molecular formula is C28H35N3O7. The Labute approximate surface area is 220 Å². The summed E-state index contributed by atoms with van der Waals surface area (Å²) in [5.74, 6) is -6.25. The number of rotatable bonds is 3. The summed E-state index contributed by atoms with van der Waals surface area (Å²) in [6.07, 6.45) is 1.65. The molecule has 10 heteroatoms. The first-order valence-electron chi connectivity index (χ1n) is 12.9. The van der Waals surface area contributed by atoms with Crippen LogP contribution in [0.3, 0.4) is 0 Å². The highest BCUT2D eigenvalue weighted by molar-refractivity contribution is 6.22. The lowest BCUT2D eigenvalue weighted by Gasteiger charge is -2.47. The van der Waals surface area contributed by atoms with Crippen molar-refractivity contribution in [1.82, 2.24) is 5.32 Å². The zero-order valence-corrected chi connectivity index (χ0v) is 22.0. The van der Waals surface area contributed by atoms with E-state index in [9.17, 15) is 34.8 Å². The second-order valence-electron chi connectivity index (χ2n) is 12.5. The lowest BCUT2D eigenvalue weighted by Crippen LogP contribution is -2.60. The zero-order valence-electron chi connectivity index (χ0n) is 22.0. The van der Waals surface area contributed by atoms with Crippen LogP contribution in [-0.4, -0.2) is 60.6 Å². The van der Waals surface area contributed by atoms with Crippen LogP contribution in [0.25, 0.3) is 5.76 Å². The maximum absolute atomic E-state index is 13.6. The van der Waals surface area contributed by atoms with E-state index in [0.29, 0.717) is 11.3 Å². The molecule has 1 heterocycles. The SMILES string of the molecule is CC1(C)CC(Nc2ccc3c(c2O)C(O)=C2C(=O)[C@]4(O)C(O)=C(C(N)=O)C(=O)C[C@@H]4C[C@@H]2C3)CC(C)(C)N1. The third-order valence-corrected chi connectivity index (χ3v) is 8.49. The largest absolute Gasteiger partial charge is 0.508 e. The van der Waals surface area contributed by atoms with E-state index in [4.69, 9.17) is 5.73 Å². The van der Waals surface area contributed by atoms with Gasteiger partial charge in [0.25, 0.3) is 5.91 Å². The maximum Gasteiger partial charge on any atom is 0.255 e. The van der Waals surface area contributed by atoms with Crippen LogP contribution in [0.5, 0.6) is 5.75 Å². The molecule has 2 fully saturated rings. The van der Waals surface area contributed by atoms with Crippen molar-refractivity contribution < 1.29 is 34.8 Å². The predicted molar refractivity (Wildman–Crippen MR) is 139 cm³/mol. The molecule has 10 nitrogen and oxygen atoms in total. The quantitative estimate of drug-likeness (QED) is 0.230. The molecule has 5 rings (SSSR count). The lowest BCUT2D eigenvalue weighted by atomic mass is 9.59. The summed E-state index contributed by atoms with van der Waals surface area (Å²) in [5.41, 5.74) is 2.59. The average Bonchev–Trinajstić information content (AvgIpc) is 2.75. The van der Waals surface area contributed by atoms with Crippen LogP contribution < -0.4 is 16.4 Å². The molecule has 4 aliphatic rings. The van der Waals surface area contributed by atoms with Crippen molar-refractivity contribution in [3.8, 4) is 5.75 Å². The minimum absolute atomic E-state index is 0.0307. The van der Waals surface area contributed by atoms with Gasteiger partial charge in [0.05, 0.1) is 11.3 Å². The van der Waals surface area contributed by atoms with Crippen LogP contribution in [0.15, 0.2) is 29.0 Å². The molecule has 1 aliphatic heterocycles. The Bertz CT molecular complexity index is 1330. The topological polar surface area (TPSA) is 182 Å². The Morgan fingerprint density at radius 2 is 1.68 bits per heavy atom. The molecule has 1 saturated carbocycles. The summed E-state index contributed by atoms with van der Waals surface area (Å²) in [4.78, 5) is 37.9. The molecule has 3 atom stereocenters. The van der Waals surface area contributed by atoms with Crippen LogP contribution in [0.1, 0.15) is 64.5 Å². The Morgan fingerprint density at radius 1 is 1.05 bits per heavy atom. The number of nitrogens with one attached hydrogen (secondary N) is 2. The monoisotopic (exact) mass is 525 g/mol. The highest BCUT2D eigenvalue weighted by Crippen LogP contribution is 2.52. The third-order valence-electron chi connectivity index (χ3n) is 8.49. The number of phenols is 1. The number of hydrogen-bond acceptors (Lipinski definition) is 9. The van der Waals surface area contributed by atoms with Crippen molar-refractivity contribution in [1.29, 1.82) is 0 Å². The van der Waals surface area contributed by atoms with Gasteiger partial charge in [-0.25, -0.2) is 0 Å². The number of carbonyl (C=O) groups excluding carboxylic acids is 3. The summed E-state index contributed by atoms with van der Waals surface area (Å²) < 4.78 is 0. The van der Waals surface area contributed by atoms with Crippen LogP contribution in [0.4, 0.5) is 5.69 Å². The van der Waals surface area contributed by atoms with Crippen LogP contribution in [0, 0.1) is 11.8 Å². The minimum Gasteiger partial charge on any atom is -0.508 e. The first kappa shape index (κ1) is 26.2. The van der Waals surface area contributed by atoms with Gasteiger partial charge in [-0.05, 0) is 70.9 Å². The molecule has 1 aromatic carbocycles. The number of fused-ring (bicyclic) bond motifs is 3. The standard InChI is InChI=1S/C28H35N3O7/c1-26(2)10-15(11-27(3,4)31-26)30-16-6-5-12-7-13-8-14-9-17(32)20(25(29)37)24(36)28(14,38)23(35)19(13)22(34)18(12)21(16)33/h5-6,13-15,30-31,33-34,36,38H,7-11H2,1-4H3,(H2,29,37)/t13-,14-,28-/m0/s1. The molecule has 3 aliphatic carbocycles. The first-order chi connectivity index (χ1) is 17.6. The van der Waals surface area contributed by atoms with Gasteiger partial charge < -0.3 is 36.8 Å². The van der Waals surface area contributed by atoms with Crippen molar-refractivity contribution in [3.05, 3.63) is 40.2 Å². The number of primary amides is 1. The van der Waals surface area contributed by atoms with Crippen LogP contribution >= 0.6 is 0 Å². The van der Waals surface area contributed by atoms with E-state index in [1.54, 1.807) is 12.1 Å². The number of aliphatic hydroxyl groups excluding tert-OH is 2. The number of nitrogens with two attached hydrogens (primary N) is 1. The minimum atomic E-state index is -2.56. The van der Waals surface area contributed by atoms with E-state index >= 15 is 0 Å². The highest BCUT2D eigenvalue weighted by atomic mass is 16.3. The fourth-order valence-corrected chi connectivity index (χ4v) is 7.36. The van der Waals surface area contributed by atoms with Gasteiger partial charge in [0.1, 0.15) is 22.8 Å². The van der Waals surface area contributed by atoms with E-state index in [1.165, 1.54) is 0 Å². The van der Waals surface area contributed by atoms with Gasteiger partial charge in [-0.15, -0.1) is 0 Å². The Balaban J connectivity index is 1.55. The Hall–Kier alpha value is -3.37. The number of amides is 1. The second kappa shape index (κ2) is 8.31. The molecule has 1 aromatic rings. The maximum atomic E-state index is 13.6. The van der Waals surface area contributed by atoms with Gasteiger partial charge in [-0.1, -0.05) is 6.07 Å². The van der Waals surface area contributed by atoms with Crippen molar-refractivity contribution >= 4 is 28.9 Å². The Kier molecular flexibility index (Phi) is 5.74. The molecule has 8 N–H and O–H groups in total. The number of ketones is 2. The predicted octanol–water partition coefficient (Wildman–Crippen LogP) is 2.14. The molecule has 38 heavy (non-hydrogen) atoms. The number of piperidine rings is 1. The molecule has 0 radical (unpaired) electrons. The number of carbonyl (C=O) groups is 3. The van der Waals surface area contributed by atoms with Gasteiger partial charge in [0.15, 0.2) is 11.4 Å². The zero-order chi connectivity index (χ0) is 27.9. The summed E-state index contributed by atoms with van der Waals surface area (Å²) in [6.45, 7) is 8.46. The van der Waals surface area contributed by atoms with E-state index in [0.717, 1.165) is 12.8 Å². The average molecular weight is 526 g/mol. The van der Waals surface area contributed by atoms with Crippen molar-refractivity contribution in [2.75, 3.05) is 5.32 Å². The number of benzene rings is 1. The van der Waals surface area contributed by atoms with Gasteiger partial charge in [0.2, 0.25) is 5.78 Å². The van der Waals surface area contributed by atoms with E-state index in [-0.39, 0.29) is 53.3 Å². The third kappa shape index (κ3) is 3.89. The number of aliphatic hydroxyl groups is 3. The number of anilines is 1. The van der Waals surface area contributed by atoms with Crippen molar-refractivity contribution in [3.63, 3.8) is 0 Å². The van der Waals surface area contributed by atoms with Crippen LogP contribution in [0.2, 0.25) is 0 Å². The number of hydrogen-bond donors (Lipinski definition) is 7. The molecule has 1 amide bonds. The number of phenolic OH excluding ortho intramolecular Hbond substituents is 1. The summed E-state index contributed by atoms with van der Waals surface area (Å²) >= 11 is 0. The first-order valence-corrected chi connectivity index (χ1v) is 12.9.